The first-order valence-electron chi connectivity index (χ1n) is 4.34. The Bertz CT molecular complexity index is 342. The molecule has 0 aliphatic heterocycles. The molecule has 6 heteroatoms. The molecule has 1 rings (SSSR count). The Labute approximate surface area is 106 Å². The van der Waals surface area contributed by atoms with Crippen molar-refractivity contribution in [2.24, 2.45) is 0 Å². The van der Waals surface area contributed by atoms with Gasteiger partial charge in [-0.3, -0.25) is 4.79 Å². The second-order valence-electron chi connectivity index (χ2n) is 3.09. The number of H-pyrrole nitrogens is 1. The highest BCUT2D eigenvalue weighted by Crippen LogP contribution is 2.20. The fraction of sp³-hybridized carbons (Fsp3) is 0.444. The van der Waals surface area contributed by atoms with E-state index >= 15 is 0 Å². The van der Waals surface area contributed by atoms with Crippen LogP contribution in [0.2, 0.25) is 0 Å². The fourth-order valence-corrected chi connectivity index (χ4v) is 2.14. The van der Waals surface area contributed by atoms with E-state index in [0.29, 0.717) is 5.69 Å². The van der Waals surface area contributed by atoms with E-state index in [0.717, 1.165) is 15.3 Å². The van der Waals surface area contributed by atoms with Crippen LogP contribution in [0.3, 0.4) is 0 Å². The molecule has 0 aliphatic carbocycles. The fourth-order valence-electron chi connectivity index (χ4n) is 1.06. The number of halogens is 1. The van der Waals surface area contributed by atoms with Crippen molar-refractivity contribution < 1.29 is 15.0 Å². The summed E-state index contributed by atoms with van der Waals surface area (Å²) in [6.45, 7) is 1.43. The van der Waals surface area contributed by atoms with E-state index in [4.69, 9.17) is 0 Å². The van der Waals surface area contributed by atoms with Crippen LogP contribution in [0.15, 0.2) is 12.3 Å². The largest absolute Gasteiger partial charge is 0.389 e. The molecule has 1 aromatic heterocycles. The lowest BCUT2D eigenvalue weighted by Crippen LogP contribution is -2.21. The maximum atomic E-state index is 10.7. The average molecular weight is 341 g/mol. The minimum Gasteiger partial charge on any atom is -0.389 e. The van der Waals surface area contributed by atoms with Gasteiger partial charge in [-0.1, -0.05) is 11.8 Å². The van der Waals surface area contributed by atoms with Gasteiger partial charge in [0.15, 0.2) is 5.12 Å². The van der Waals surface area contributed by atoms with Gasteiger partial charge in [0.05, 0.1) is 6.10 Å². The first-order chi connectivity index (χ1) is 7.00. The summed E-state index contributed by atoms with van der Waals surface area (Å²) in [7, 11) is 0. The molecule has 4 nitrogen and oxygen atoms in total. The van der Waals surface area contributed by atoms with Gasteiger partial charge in [-0.05, 0) is 28.7 Å². The zero-order chi connectivity index (χ0) is 11.4. The topological polar surface area (TPSA) is 73.3 Å². The molecule has 0 spiro atoms. The van der Waals surface area contributed by atoms with Crippen molar-refractivity contribution in [3.05, 3.63) is 21.5 Å². The first kappa shape index (κ1) is 13.0. The summed E-state index contributed by atoms with van der Waals surface area (Å²) in [6, 6.07) is 1.76. The predicted molar refractivity (Wildman–Crippen MR) is 67.6 cm³/mol. The van der Waals surface area contributed by atoms with E-state index in [2.05, 4.69) is 27.6 Å². The Kier molecular flexibility index (Phi) is 5.10. The van der Waals surface area contributed by atoms with Crippen LogP contribution in [0.5, 0.6) is 0 Å². The Balaban J connectivity index is 2.52. The third kappa shape index (κ3) is 4.13. The number of hydrogen-bond donors (Lipinski definition) is 3. The summed E-state index contributed by atoms with van der Waals surface area (Å²) in [5.74, 6) is 0.200. The molecule has 0 aromatic carbocycles. The predicted octanol–water partition coefficient (Wildman–Crippen LogP) is 1.29. The second kappa shape index (κ2) is 5.88. The van der Waals surface area contributed by atoms with E-state index in [-0.39, 0.29) is 10.9 Å². The normalized spacial score (nSPS) is 14.9. The van der Waals surface area contributed by atoms with Crippen molar-refractivity contribution in [1.29, 1.82) is 0 Å². The van der Waals surface area contributed by atoms with E-state index < -0.39 is 12.2 Å². The molecule has 0 bridgehead atoms. The van der Waals surface area contributed by atoms with Gasteiger partial charge in [-0.25, -0.2) is 0 Å². The molecule has 0 amide bonds. The number of aromatic nitrogens is 1. The van der Waals surface area contributed by atoms with Crippen LogP contribution >= 0.6 is 34.4 Å². The number of rotatable bonds is 4. The molecule has 1 aromatic rings. The molecule has 1 heterocycles. The summed E-state index contributed by atoms with van der Waals surface area (Å²) in [6.07, 6.45) is -0.169. The van der Waals surface area contributed by atoms with Crippen molar-refractivity contribution in [2.45, 2.75) is 19.1 Å². The lowest BCUT2D eigenvalue weighted by atomic mass is 10.2. The van der Waals surface area contributed by atoms with Gasteiger partial charge in [0.2, 0.25) is 0 Å². The first-order valence-corrected chi connectivity index (χ1v) is 6.40. The van der Waals surface area contributed by atoms with Gasteiger partial charge in [0.25, 0.3) is 0 Å². The van der Waals surface area contributed by atoms with Gasteiger partial charge in [0, 0.05) is 28.1 Å². The summed E-state index contributed by atoms with van der Waals surface area (Å²) < 4.78 is 0.966. The molecule has 3 N–H and O–H groups in total. The highest BCUT2D eigenvalue weighted by molar-refractivity contribution is 14.1. The molecule has 0 aliphatic rings. The minimum atomic E-state index is -0.972. The molecule has 0 saturated heterocycles. The summed E-state index contributed by atoms with van der Waals surface area (Å²) >= 11 is 3.11. The van der Waals surface area contributed by atoms with Gasteiger partial charge in [-0.2, -0.15) is 0 Å². The number of nitrogens with one attached hydrogen (secondary N) is 1. The van der Waals surface area contributed by atoms with Crippen LogP contribution in [-0.2, 0) is 4.79 Å². The monoisotopic (exact) mass is 341 g/mol. The maximum absolute atomic E-state index is 10.7. The van der Waals surface area contributed by atoms with Crippen LogP contribution in [0.25, 0.3) is 0 Å². The van der Waals surface area contributed by atoms with Gasteiger partial charge in [-0.15, -0.1) is 0 Å². The highest BCUT2D eigenvalue weighted by atomic mass is 127. The van der Waals surface area contributed by atoms with Crippen molar-refractivity contribution in [3.63, 3.8) is 0 Å². The summed E-state index contributed by atoms with van der Waals surface area (Å²) in [5.41, 5.74) is 0.566. The average Bonchev–Trinajstić information content (AvgIpc) is 2.60. The Morgan fingerprint density at radius 2 is 2.33 bits per heavy atom. The molecule has 2 unspecified atom stereocenters. The van der Waals surface area contributed by atoms with Gasteiger partial charge >= 0.3 is 0 Å². The lowest BCUT2D eigenvalue weighted by molar-refractivity contribution is -0.109. The Hall–Kier alpha value is -0.0500. The number of carbonyl (C=O) groups is 1. The quantitative estimate of drug-likeness (QED) is 0.722. The van der Waals surface area contributed by atoms with Crippen molar-refractivity contribution in [2.75, 3.05) is 5.75 Å². The van der Waals surface area contributed by atoms with E-state index in [1.165, 1.54) is 6.92 Å². The highest BCUT2D eigenvalue weighted by Gasteiger charge is 2.20. The molecule has 15 heavy (non-hydrogen) atoms. The van der Waals surface area contributed by atoms with Gasteiger partial charge < -0.3 is 15.2 Å². The molecule has 0 fully saturated rings. The molecule has 0 saturated carbocycles. The minimum absolute atomic E-state index is 0.0673. The van der Waals surface area contributed by atoms with Crippen molar-refractivity contribution >= 4 is 39.5 Å². The summed E-state index contributed by atoms with van der Waals surface area (Å²) in [5, 5.41) is 19.2. The number of aliphatic hydroxyl groups excluding tert-OH is 2. The zero-order valence-corrected chi connectivity index (χ0v) is 11.1. The zero-order valence-electron chi connectivity index (χ0n) is 8.11. The van der Waals surface area contributed by atoms with Crippen LogP contribution in [0.1, 0.15) is 18.7 Å². The number of carbonyl (C=O) groups excluding carboxylic acids is 1. The van der Waals surface area contributed by atoms with Gasteiger partial charge in [0.1, 0.15) is 6.10 Å². The third-order valence-electron chi connectivity index (χ3n) is 1.81. The standard InChI is InChI=1S/C9H12INO3S/c1-5(12)15-4-8(13)9(14)7-2-6(10)3-11-7/h2-3,8-9,11,13-14H,4H2,1H3. The van der Waals surface area contributed by atoms with E-state index in [9.17, 15) is 15.0 Å². The smallest absolute Gasteiger partial charge is 0.185 e. The SMILES string of the molecule is CC(=O)SCC(O)C(O)c1cc(I)c[nH]1. The van der Waals surface area contributed by atoms with Crippen molar-refractivity contribution in [1.82, 2.24) is 4.98 Å². The third-order valence-corrected chi connectivity index (χ3v) is 3.35. The molecular formula is C9H12INO3S. The number of aliphatic hydroxyl groups is 2. The van der Waals surface area contributed by atoms with Crippen LogP contribution < -0.4 is 0 Å². The second-order valence-corrected chi connectivity index (χ2v) is 5.53. The molecule has 2 atom stereocenters. The van der Waals surface area contributed by atoms with Crippen molar-refractivity contribution in [3.8, 4) is 0 Å². The molecular weight excluding hydrogens is 329 g/mol. The Morgan fingerprint density at radius 3 is 2.80 bits per heavy atom. The maximum Gasteiger partial charge on any atom is 0.185 e. The number of thioether (sulfide) groups is 1. The van der Waals surface area contributed by atoms with Crippen LogP contribution in [0, 0.1) is 3.57 Å². The van der Waals surface area contributed by atoms with Crippen LogP contribution in [0.4, 0.5) is 0 Å². The van der Waals surface area contributed by atoms with E-state index in [1.54, 1.807) is 12.3 Å². The Morgan fingerprint density at radius 1 is 1.67 bits per heavy atom. The lowest BCUT2D eigenvalue weighted by Gasteiger charge is -2.15. The van der Waals surface area contributed by atoms with Crippen LogP contribution in [-0.4, -0.2) is 32.2 Å². The molecule has 0 radical (unpaired) electrons. The number of hydrogen-bond acceptors (Lipinski definition) is 4. The summed E-state index contributed by atoms with van der Waals surface area (Å²) in [4.78, 5) is 13.5. The number of aromatic amines is 1. The molecule has 84 valence electrons. The van der Waals surface area contributed by atoms with E-state index in [1.807, 2.05) is 0 Å².